The predicted octanol–water partition coefficient (Wildman–Crippen LogP) is 3.06. The third kappa shape index (κ3) is 3.45. The molecule has 0 saturated carbocycles. The van der Waals surface area contributed by atoms with Gasteiger partial charge in [-0.25, -0.2) is 0 Å². The van der Waals surface area contributed by atoms with E-state index < -0.39 is 0 Å². The summed E-state index contributed by atoms with van der Waals surface area (Å²) in [5.41, 5.74) is 9.40. The van der Waals surface area contributed by atoms with Gasteiger partial charge in [0.15, 0.2) is 0 Å². The maximum atomic E-state index is 12.5. The van der Waals surface area contributed by atoms with E-state index in [0.717, 1.165) is 29.1 Å². The van der Waals surface area contributed by atoms with E-state index in [4.69, 9.17) is 10.5 Å². The van der Waals surface area contributed by atoms with Gasteiger partial charge in [0.05, 0.1) is 18.8 Å². The minimum atomic E-state index is -0.0345. The van der Waals surface area contributed by atoms with Gasteiger partial charge in [-0.15, -0.1) is 0 Å². The van der Waals surface area contributed by atoms with Crippen LogP contribution < -0.4 is 20.7 Å². The van der Waals surface area contributed by atoms with Gasteiger partial charge in [0.1, 0.15) is 11.9 Å². The number of nitrogens with zero attached hydrogens (tertiary/aromatic N) is 1. The fraction of sp³-hybridized carbons (Fsp3) is 0.316. The van der Waals surface area contributed by atoms with Gasteiger partial charge in [0.2, 0.25) is 5.91 Å². The SMILES string of the molecule is CCc1ccccc1NC(=O)CN1CC(C)Oc2cc(N)ccc21. The van der Waals surface area contributed by atoms with Crippen molar-refractivity contribution in [1.82, 2.24) is 0 Å². The van der Waals surface area contributed by atoms with Crippen LogP contribution in [0.3, 0.4) is 0 Å². The third-order valence-corrected chi connectivity index (χ3v) is 4.14. The number of carbonyl (C=O) groups is 1. The highest BCUT2D eigenvalue weighted by Crippen LogP contribution is 2.34. The summed E-state index contributed by atoms with van der Waals surface area (Å²) in [5, 5.41) is 3.02. The van der Waals surface area contributed by atoms with Gasteiger partial charge in [0, 0.05) is 17.4 Å². The van der Waals surface area contributed by atoms with Crippen LogP contribution in [0.1, 0.15) is 19.4 Å². The lowest BCUT2D eigenvalue weighted by Gasteiger charge is -2.34. The van der Waals surface area contributed by atoms with E-state index in [2.05, 4.69) is 12.2 Å². The topological polar surface area (TPSA) is 67.6 Å². The average Bonchev–Trinajstić information content (AvgIpc) is 2.54. The van der Waals surface area contributed by atoms with Gasteiger partial charge in [-0.3, -0.25) is 4.79 Å². The van der Waals surface area contributed by atoms with E-state index in [9.17, 15) is 4.79 Å². The summed E-state index contributed by atoms with van der Waals surface area (Å²) in [6.07, 6.45) is 0.891. The Hall–Kier alpha value is -2.69. The van der Waals surface area contributed by atoms with Crippen LogP contribution in [0.5, 0.6) is 5.75 Å². The van der Waals surface area contributed by atoms with Crippen LogP contribution in [-0.4, -0.2) is 25.1 Å². The van der Waals surface area contributed by atoms with Crippen LogP contribution in [0.2, 0.25) is 0 Å². The molecule has 3 rings (SSSR count). The molecule has 5 heteroatoms. The first-order chi connectivity index (χ1) is 11.6. The zero-order valence-electron chi connectivity index (χ0n) is 14.1. The summed E-state index contributed by atoms with van der Waals surface area (Å²) < 4.78 is 5.83. The van der Waals surface area contributed by atoms with Crippen molar-refractivity contribution in [1.29, 1.82) is 0 Å². The van der Waals surface area contributed by atoms with Gasteiger partial charge in [-0.1, -0.05) is 25.1 Å². The summed E-state index contributed by atoms with van der Waals surface area (Å²) in [5.74, 6) is 0.697. The van der Waals surface area contributed by atoms with Gasteiger partial charge in [-0.2, -0.15) is 0 Å². The monoisotopic (exact) mass is 325 g/mol. The average molecular weight is 325 g/mol. The van der Waals surface area contributed by atoms with Crippen LogP contribution in [0, 0.1) is 0 Å². The van der Waals surface area contributed by atoms with Crippen molar-refractivity contribution in [3.63, 3.8) is 0 Å². The number of rotatable bonds is 4. The van der Waals surface area contributed by atoms with Crippen LogP contribution in [-0.2, 0) is 11.2 Å². The quantitative estimate of drug-likeness (QED) is 0.848. The molecule has 126 valence electrons. The van der Waals surface area contributed by atoms with E-state index in [-0.39, 0.29) is 18.6 Å². The van der Waals surface area contributed by atoms with E-state index in [1.165, 1.54) is 0 Å². The highest BCUT2D eigenvalue weighted by atomic mass is 16.5. The molecule has 1 aliphatic rings. The molecule has 2 aromatic rings. The highest BCUT2D eigenvalue weighted by molar-refractivity contribution is 5.95. The zero-order chi connectivity index (χ0) is 17.1. The molecule has 3 N–H and O–H groups in total. The van der Waals surface area contributed by atoms with Crippen molar-refractivity contribution in [3.8, 4) is 5.75 Å². The molecule has 1 heterocycles. The van der Waals surface area contributed by atoms with Crippen LogP contribution in [0.25, 0.3) is 0 Å². The molecule has 0 aromatic heterocycles. The number of hydrogen-bond donors (Lipinski definition) is 2. The molecule has 0 fully saturated rings. The number of ether oxygens (including phenoxy) is 1. The first-order valence-corrected chi connectivity index (χ1v) is 8.25. The maximum absolute atomic E-state index is 12.5. The van der Waals surface area contributed by atoms with Gasteiger partial charge in [-0.05, 0) is 37.1 Å². The fourth-order valence-electron chi connectivity index (χ4n) is 3.01. The summed E-state index contributed by atoms with van der Waals surface area (Å²) in [4.78, 5) is 14.5. The number of aryl methyl sites for hydroxylation is 1. The largest absolute Gasteiger partial charge is 0.487 e. The Kier molecular flexibility index (Phi) is 4.60. The second kappa shape index (κ2) is 6.83. The van der Waals surface area contributed by atoms with Crippen molar-refractivity contribution >= 4 is 23.0 Å². The summed E-state index contributed by atoms with van der Waals surface area (Å²) >= 11 is 0. The number of para-hydroxylation sites is 1. The molecule has 1 atom stereocenters. The van der Waals surface area contributed by atoms with Crippen LogP contribution >= 0.6 is 0 Å². The number of amides is 1. The molecule has 1 aliphatic heterocycles. The normalized spacial score (nSPS) is 16.2. The Labute approximate surface area is 142 Å². The van der Waals surface area contributed by atoms with E-state index in [0.29, 0.717) is 12.2 Å². The highest BCUT2D eigenvalue weighted by Gasteiger charge is 2.24. The number of hydrogen-bond acceptors (Lipinski definition) is 4. The van der Waals surface area contributed by atoms with Crippen molar-refractivity contribution in [2.45, 2.75) is 26.4 Å². The second-order valence-corrected chi connectivity index (χ2v) is 6.10. The molecule has 0 spiro atoms. The van der Waals surface area contributed by atoms with Gasteiger partial charge < -0.3 is 20.7 Å². The van der Waals surface area contributed by atoms with Gasteiger partial charge >= 0.3 is 0 Å². The van der Waals surface area contributed by atoms with Crippen molar-refractivity contribution in [2.75, 3.05) is 29.0 Å². The molecule has 2 aromatic carbocycles. The summed E-state index contributed by atoms with van der Waals surface area (Å²) in [6.45, 7) is 5.02. The number of carbonyl (C=O) groups excluding carboxylic acids is 1. The molecule has 0 bridgehead atoms. The number of anilines is 3. The first kappa shape index (κ1) is 16.2. The number of nitrogens with one attached hydrogen (secondary N) is 1. The fourth-order valence-corrected chi connectivity index (χ4v) is 3.01. The molecule has 1 unspecified atom stereocenters. The Bertz CT molecular complexity index is 745. The number of nitrogen functional groups attached to an aromatic ring is 1. The molecule has 0 radical (unpaired) electrons. The molecular weight excluding hydrogens is 302 g/mol. The van der Waals surface area contributed by atoms with Crippen LogP contribution in [0.4, 0.5) is 17.1 Å². The van der Waals surface area contributed by atoms with Crippen molar-refractivity contribution in [2.24, 2.45) is 0 Å². The van der Waals surface area contributed by atoms with E-state index in [1.807, 2.05) is 54.3 Å². The summed E-state index contributed by atoms with van der Waals surface area (Å²) in [7, 11) is 0. The van der Waals surface area contributed by atoms with Crippen molar-refractivity contribution in [3.05, 3.63) is 48.0 Å². The minimum absolute atomic E-state index is 0.00929. The van der Waals surface area contributed by atoms with Crippen LogP contribution in [0.15, 0.2) is 42.5 Å². The molecule has 24 heavy (non-hydrogen) atoms. The number of benzene rings is 2. The lowest BCUT2D eigenvalue weighted by Crippen LogP contribution is -2.42. The molecule has 0 saturated heterocycles. The van der Waals surface area contributed by atoms with E-state index in [1.54, 1.807) is 0 Å². The molecule has 0 aliphatic carbocycles. The molecular formula is C19H23N3O2. The number of nitrogens with two attached hydrogens (primary N) is 1. The molecule has 5 nitrogen and oxygen atoms in total. The summed E-state index contributed by atoms with van der Waals surface area (Å²) in [6, 6.07) is 13.4. The third-order valence-electron chi connectivity index (χ3n) is 4.14. The predicted molar refractivity (Wildman–Crippen MR) is 97.6 cm³/mol. The minimum Gasteiger partial charge on any atom is -0.487 e. The van der Waals surface area contributed by atoms with E-state index >= 15 is 0 Å². The Morgan fingerprint density at radius 3 is 2.92 bits per heavy atom. The molecule has 1 amide bonds. The standard InChI is InChI=1S/C19H23N3O2/c1-3-14-6-4-5-7-16(14)21-19(23)12-22-11-13(2)24-18-10-15(20)8-9-17(18)22/h4-10,13H,3,11-12,20H2,1-2H3,(H,21,23). The smallest absolute Gasteiger partial charge is 0.243 e. The second-order valence-electron chi connectivity index (χ2n) is 6.10. The lowest BCUT2D eigenvalue weighted by atomic mass is 10.1. The first-order valence-electron chi connectivity index (χ1n) is 8.25. The lowest BCUT2D eigenvalue weighted by molar-refractivity contribution is -0.115. The maximum Gasteiger partial charge on any atom is 0.243 e. The zero-order valence-corrected chi connectivity index (χ0v) is 14.1. The number of fused-ring (bicyclic) bond motifs is 1. The Morgan fingerprint density at radius 1 is 1.33 bits per heavy atom. The van der Waals surface area contributed by atoms with Crippen molar-refractivity contribution < 1.29 is 9.53 Å². The Balaban J connectivity index is 1.75. The van der Waals surface area contributed by atoms with Gasteiger partial charge in [0.25, 0.3) is 0 Å². The Morgan fingerprint density at radius 2 is 2.12 bits per heavy atom.